The van der Waals surface area contributed by atoms with Crippen molar-refractivity contribution in [3.8, 4) is 0 Å². The van der Waals surface area contributed by atoms with Crippen LogP contribution in [0.5, 0.6) is 0 Å². The van der Waals surface area contributed by atoms with E-state index in [1.54, 1.807) is 27.4 Å². The number of hydrogen-bond donors (Lipinski definition) is 0. The summed E-state index contributed by atoms with van der Waals surface area (Å²) in [5, 5.41) is 2.27. The molecule has 0 bridgehead atoms. The zero-order valence-electron chi connectivity index (χ0n) is 15.3. The molecular formula is C20H30S3Sn. The molecule has 0 aliphatic heterocycles. The van der Waals surface area contributed by atoms with Crippen molar-refractivity contribution in [1.29, 1.82) is 0 Å². The van der Waals surface area contributed by atoms with E-state index in [2.05, 4.69) is 49.6 Å². The molecule has 0 aromatic carbocycles. The Hall–Kier alpha value is 0.419. The number of fused-ring (bicyclic) bond motifs is 3. The van der Waals surface area contributed by atoms with Gasteiger partial charge in [0.05, 0.1) is 0 Å². The molecule has 0 fully saturated rings. The Bertz CT molecular complexity index is 742. The van der Waals surface area contributed by atoms with Crippen molar-refractivity contribution >= 4 is 74.1 Å². The molecule has 3 rings (SSSR count). The molecule has 0 unspecified atom stereocenters. The molecule has 0 atom stereocenters. The summed E-state index contributed by atoms with van der Waals surface area (Å²) in [6.45, 7) is 7.12. The molecule has 0 saturated heterocycles. The van der Waals surface area contributed by atoms with Crippen molar-refractivity contribution in [2.45, 2.75) is 72.6 Å². The van der Waals surface area contributed by atoms with Gasteiger partial charge < -0.3 is 0 Å². The monoisotopic (exact) mass is 486 g/mol. The zero-order valence-corrected chi connectivity index (χ0v) is 20.6. The summed E-state index contributed by atoms with van der Waals surface area (Å²) >= 11 is 3.97. The average Bonchev–Trinajstić information content (AvgIpc) is 3.26. The fourth-order valence-electron chi connectivity index (χ4n) is 3.82. The second kappa shape index (κ2) is 8.87. The second-order valence-corrected chi connectivity index (χ2v) is 24.3. The maximum absolute atomic E-state index is 2.66. The quantitative estimate of drug-likeness (QED) is 0.254. The van der Waals surface area contributed by atoms with Crippen molar-refractivity contribution in [2.24, 2.45) is 0 Å². The molecule has 0 aliphatic carbocycles. The summed E-state index contributed by atoms with van der Waals surface area (Å²) in [5.41, 5.74) is 0. The third-order valence-corrected chi connectivity index (χ3v) is 27.1. The van der Waals surface area contributed by atoms with Crippen molar-refractivity contribution < 1.29 is 0 Å². The van der Waals surface area contributed by atoms with E-state index in [1.165, 1.54) is 43.2 Å². The van der Waals surface area contributed by atoms with Crippen molar-refractivity contribution in [3.63, 3.8) is 0 Å². The van der Waals surface area contributed by atoms with E-state index in [1.807, 2.05) is 25.6 Å². The van der Waals surface area contributed by atoms with Gasteiger partial charge in [0.25, 0.3) is 0 Å². The summed E-state index contributed by atoms with van der Waals surface area (Å²) in [7, 11) is 0. The topological polar surface area (TPSA) is 0 Å². The number of hydrogen-bond acceptors (Lipinski definition) is 3. The number of rotatable bonds is 10. The third-order valence-electron chi connectivity index (χ3n) is 5.30. The minimum absolute atomic E-state index is 1.37. The Balaban J connectivity index is 2.01. The molecule has 4 heteroatoms. The number of unbranched alkanes of at least 4 members (excludes halogenated alkanes) is 3. The predicted molar refractivity (Wildman–Crippen MR) is 120 cm³/mol. The Labute approximate surface area is 163 Å². The third kappa shape index (κ3) is 3.89. The van der Waals surface area contributed by atoms with E-state index < -0.39 is 18.4 Å². The maximum atomic E-state index is 2.66. The molecule has 3 heterocycles. The molecule has 0 radical (unpaired) electrons. The average molecular weight is 485 g/mol. The van der Waals surface area contributed by atoms with E-state index in [4.69, 9.17) is 0 Å². The molecule has 3 aromatic rings. The first kappa shape index (κ1) is 19.2. The van der Waals surface area contributed by atoms with Crippen molar-refractivity contribution in [3.05, 3.63) is 17.5 Å². The summed E-state index contributed by atoms with van der Waals surface area (Å²) in [4.78, 5) is 0. The van der Waals surface area contributed by atoms with Gasteiger partial charge in [0.2, 0.25) is 0 Å². The van der Waals surface area contributed by atoms with Crippen LogP contribution in [0, 0.1) is 0 Å². The Morgan fingerprint density at radius 2 is 1.42 bits per heavy atom. The van der Waals surface area contributed by atoms with Gasteiger partial charge in [0.15, 0.2) is 0 Å². The van der Waals surface area contributed by atoms with Crippen LogP contribution in [0.15, 0.2) is 17.5 Å². The summed E-state index contributed by atoms with van der Waals surface area (Å²) in [5.74, 6) is 0. The van der Waals surface area contributed by atoms with Gasteiger partial charge in [-0.2, -0.15) is 0 Å². The molecule has 0 saturated carbocycles. The van der Waals surface area contributed by atoms with Gasteiger partial charge in [-0.3, -0.25) is 0 Å². The van der Waals surface area contributed by atoms with Crippen LogP contribution >= 0.6 is 34.0 Å². The normalized spacial score (nSPS) is 12.6. The van der Waals surface area contributed by atoms with E-state index in [9.17, 15) is 0 Å². The van der Waals surface area contributed by atoms with Crippen LogP contribution in [-0.2, 0) is 0 Å². The van der Waals surface area contributed by atoms with E-state index in [0.717, 1.165) is 0 Å². The Morgan fingerprint density at radius 1 is 0.792 bits per heavy atom. The van der Waals surface area contributed by atoms with Crippen LogP contribution in [0.4, 0.5) is 0 Å². The predicted octanol–water partition coefficient (Wildman–Crippen LogP) is 8.23. The summed E-state index contributed by atoms with van der Waals surface area (Å²) in [6, 6.07) is 4.97. The molecule has 3 aromatic heterocycles. The minimum atomic E-state index is -2.22. The molecule has 0 aliphatic rings. The van der Waals surface area contributed by atoms with Crippen LogP contribution in [0.25, 0.3) is 18.8 Å². The fraction of sp³-hybridized carbons (Fsp3) is 0.600. The van der Waals surface area contributed by atoms with Crippen molar-refractivity contribution in [2.75, 3.05) is 0 Å². The molecule has 0 spiro atoms. The number of thiophene rings is 3. The summed E-state index contributed by atoms with van der Waals surface area (Å²) in [6.07, 6.45) is 8.49. The van der Waals surface area contributed by atoms with Gasteiger partial charge in [-0.15, -0.1) is 0 Å². The summed E-state index contributed by atoms with van der Waals surface area (Å²) < 4.78 is 12.9. The van der Waals surface area contributed by atoms with Gasteiger partial charge in [-0.25, -0.2) is 0 Å². The van der Waals surface area contributed by atoms with Crippen LogP contribution < -0.4 is 2.89 Å². The van der Waals surface area contributed by atoms with E-state index in [0.29, 0.717) is 0 Å². The van der Waals surface area contributed by atoms with Crippen molar-refractivity contribution in [1.82, 2.24) is 0 Å². The molecule has 24 heavy (non-hydrogen) atoms. The van der Waals surface area contributed by atoms with Gasteiger partial charge in [-0.05, 0) is 0 Å². The second-order valence-electron chi connectivity index (χ2n) is 7.11. The molecular weight excluding hydrogens is 455 g/mol. The molecule has 132 valence electrons. The van der Waals surface area contributed by atoms with Crippen LogP contribution in [0.3, 0.4) is 0 Å². The molecule has 0 N–H and O–H groups in total. The van der Waals surface area contributed by atoms with Crippen LogP contribution in [0.2, 0.25) is 13.3 Å². The standard InChI is InChI=1S/C8H3S3.3C4H9.Sn/c1-3-9-7-5(1)11-6-2-4-10-8(6)7;3*1-3-4-2;/h1-3H;3*1,3-4H2,2H3;. The van der Waals surface area contributed by atoms with Gasteiger partial charge in [0.1, 0.15) is 0 Å². The van der Waals surface area contributed by atoms with Crippen LogP contribution in [-0.4, -0.2) is 18.4 Å². The first-order valence-electron chi connectivity index (χ1n) is 9.64. The Morgan fingerprint density at radius 3 is 2.00 bits per heavy atom. The van der Waals surface area contributed by atoms with Gasteiger partial charge in [-0.1, -0.05) is 0 Å². The van der Waals surface area contributed by atoms with Crippen LogP contribution in [0.1, 0.15) is 59.3 Å². The Kier molecular flexibility index (Phi) is 7.09. The fourth-order valence-corrected chi connectivity index (χ4v) is 27.0. The SMILES string of the molecule is CCC[CH2][Sn]([CH2]CCC)([CH2]CCC)[c]1cc2sc3ccsc3c2s1. The first-order chi connectivity index (χ1) is 11.7. The molecule has 0 amide bonds. The molecule has 0 nitrogen and oxygen atoms in total. The van der Waals surface area contributed by atoms with Gasteiger partial charge >= 0.3 is 164 Å². The zero-order chi connectivity index (χ0) is 17.0. The van der Waals surface area contributed by atoms with Gasteiger partial charge in [0, 0.05) is 0 Å². The first-order valence-corrected chi connectivity index (χ1v) is 19.6. The van der Waals surface area contributed by atoms with E-state index in [-0.39, 0.29) is 0 Å². The van der Waals surface area contributed by atoms with E-state index >= 15 is 0 Å².